The first-order chi connectivity index (χ1) is 10.9. The number of benzene rings is 1. The molecule has 3 nitrogen and oxygen atoms in total. The molecule has 1 aromatic carbocycles. The molecule has 6 heteroatoms. The van der Waals surface area contributed by atoms with Gasteiger partial charge in [-0.2, -0.15) is 13.2 Å². The SMILES string of the molecule is CC(=O)c1ccc[n+](CCCOc2cccc(C(F)(F)F)c2)c1. The zero-order valence-corrected chi connectivity index (χ0v) is 12.6. The Bertz CT molecular complexity index is 684. The molecule has 0 aliphatic rings. The maximum absolute atomic E-state index is 12.6. The lowest BCUT2D eigenvalue weighted by Crippen LogP contribution is -2.34. The van der Waals surface area contributed by atoms with Gasteiger partial charge in [-0.3, -0.25) is 4.79 Å². The van der Waals surface area contributed by atoms with Crippen LogP contribution < -0.4 is 9.30 Å². The van der Waals surface area contributed by atoms with E-state index in [0.29, 0.717) is 25.1 Å². The van der Waals surface area contributed by atoms with Gasteiger partial charge in [0.25, 0.3) is 0 Å². The molecule has 0 N–H and O–H groups in total. The Kier molecular flexibility index (Phi) is 5.36. The van der Waals surface area contributed by atoms with E-state index in [2.05, 4.69) is 0 Å². The maximum Gasteiger partial charge on any atom is 0.416 e. The van der Waals surface area contributed by atoms with Crippen LogP contribution in [-0.4, -0.2) is 12.4 Å². The van der Waals surface area contributed by atoms with E-state index in [-0.39, 0.29) is 11.5 Å². The molecule has 1 heterocycles. The second-order valence-corrected chi connectivity index (χ2v) is 5.11. The number of carbonyl (C=O) groups excluding carboxylic acids is 1. The third kappa shape index (κ3) is 5.09. The van der Waals surface area contributed by atoms with Gasteiger partial charge < -0.3 is 4.74 Å². The van der Waals surface area contributed by atoms with Gasteiger partial charge in [0.1, 0.15) is 5.75 Å². The lowest BCUT2D eigenvalue weighted by Gasteiger charge is -2.09. The molecule has 0 aliphatic carbocycles. The zero-order chi connectivity index (χ0) is 16.9. The average molecular weight is 324 g/mol. The van der Waals surface area contributed by atoms with Crippen molar-refractivity contribution in [1.82, 2.24) is 0 Å². The fourth-order valence-electron chi connectivity index (χ4n) is 2.07. The largest absolute Gasteiger partial charge is 0.493 e. The molecule has 0 unspecified atom stereocenters. The van der Waals surface area contributed by atoms with Crippen molar-refractivity contribution in [3.63, 3.8) is 0 Å². The first kappa shape index (κ1) is 17.0. The van der Waals surface area contributed by atoms with Gasteiger partial charge in [-0.05, 0) is 31.2 Å². The minimum Gasteiger partial charge on any atom is -0.493 e. The summed E-state index contributed by atoms with van der Waals surface area (Å²) in [6.07, 6.45) is -0.187. The summed E-state index contributed by atoms with van der Waals surface area (Å²) in [5.41, 5.74) is -0.107. The highest BCUT2D eigenvalue weighted by molar-refractivity contribution is 5.93. The van der Waals surface area contributed by atoms with Crippen molar-refractivity contribution in [2.24, 2.45) is 0 Å². The molecule has 1 aromatic heterocycles. The number of hydrogen-bond donors (Lipinski definition) is 0. The Balaban J connectivity index is 1.86. The zero-order valence-electron chi connectivity index (χ0n) is 12.6. The normalized spacial score (nSPS) is 11.3. The second kappa shape index (κ2) is 7.26. The summed E-state index contributed by atoms with van der Waals surface area (Å²) in [5, 5.41) is 0. The number of aromatic nitrogens is 1. The number of ketones is 1. The number of halogens is 3. The van der Waals surface area contributed by atoms with Crippen molar-refractivity contribution in [3.05, 3.63) is 59.9 Å². The van der Waals surface area contributed by atoms with E-state index in [1.807, 2.05) is 10.8 Å². The van der Waals surface area contributed by atoms with Crippen molar-refractivity contribution < 1.29 is 27.3 Å². The van der Waals surface area contributed by atoms with Crippen molar-refractivity contribution >= 4 is 5.78 Å². The van der Waals surface area contributed by atoms with Gasteiger partial charge in [0.2, 0.25) is 0 Å². The minimum absolute atomic E-state index is 0.0143. The van der Waals surface area contributed by atoms with E-state index < -0.39 is 11.7 Å². The number of Topliss-reactive ketones (excluding diaryl/α,β-unsaturated/α-hetero) is 1. The molecule has 122 valence electrons. The Morgan fingerprint density at radius 2 is 2.00 bits per heavy atom. The Morgan fingerprint density at radius 3 is 2.70 bits per heavy atom. The summed E-state index contributed by atoms with van der Waals surface area (Å²) in [5.74, 6) is 0.182. The highest BCUT2D eigenvalue weighted by Gasteiger charge is 2.30. The Labute approximate surface area is 132 Å². The third-order valence-corrected chi connectivity index (χ3v) is 3.26. The first-order valence-electron chi connectivity index (χ1n) is 7.16. The number of hydrogen-bond acceptors (Lipinski definition) is 2. The number of aryl methyl sites for hydroxylation is 1. The molecular formula is C17H17F3NO2+. The van der Waals surface area contributed by atoms with Crippen LogP contribution in [0, 0.1) is 0 Å². The van der Waals surface area contributed by atoms with Crippen molar-refractivity contribution in [2.75, 3.05) is 6.61 Å². The summed E-state index contributed by atoms with van der Waals surface area (Å²) < 4.78 is 45.0. The monoisotopic (exact) mass is 324 g/mol. The molecule has 0 atom stereocenters. The van der Waals surface area contributed by atoms with Crippen LogP contribution in [-0.2, 0) is 12.7 Å². The number of alkyl halides is 3. The lowest BCUT2D eigenvalue weighted by atomic mass is 10.2. The summed E-state index contributed by atoms with van der Waals surface area (Å²) in [6, 6.07) is 8.34. The minimum atomic E-state index is -4.37. The van der Waals surface area contributed by atoms with E-state index in [0.717, 1.165) is 12.1 Å². The van der Waals surface area contributed by atoms with Crippen LogP contribution >= 0.6 is 0 Å². The van der Waals surface area contributed by atoms with Crippen LogP contribution in [0.15, 0.2) is 48.8 Å². The van der Waals surface area contributed by atoms with Gasteiger partial charge in [0.15, 0.2) is 24.7 Å². The number of nitrogens with zero attached hydrogens (tertiary/aromatic N) is 1. The molecule has 2 rings (SSSR count). The predicted molar refractivity (Wildman–Crippen MR) is 78.2 cm³/mol. The maximum atomic E-state index is 12.6. The highest BCUT2D eigenvalue weighted by Crippen LogP contribution is 2.31. The van der Waals surface area contributed by atoms with E-state index >= 15 is 0 Å². The molecule has 2 aromatic rings. The highest BCUT2D eigenvalue weighted by atomic mass is 19.4. The van der Waals surface area contributed by atoms with E-state index in [4.69, 9.17) is 4.74 Å². The van der Waals surface area contributed by atoms with Crippen molar-refractivity contribution in [3.8, 4) is 5.75 Å². The van der Waals surface area contributed by atoms with Crippen LogP contribution in [0.1, 0.15) is 29.3 Å². The smallest absolute Gasteiger partial charge is 0.416 e. The number of pyridine rings is 1. The van der Waals surface area contributed by atoms with E-state index in [1.54, 1.807) is 18.3 Å². The molecule has 0 saturated heterocycles. The van der Waals surface area contributed by atoms with Crippen LogP contribution in [0.2, 0.25) is 0 Å². The predicted octanol–water partition coefficient (Wildman–Crippen LogP) is 3.66. The first-order valence-corrected chi connectivity index (χ1v) is 7.16. The van der Waals surface area contributed by atoms with Crippen LogP contribution in [0.3, 0.4) is 0 Å². The molecule has 23 heavy (non-hydrogen) atoms. The van der Waals surface area contributed by atoms with Crippen molar-refractivity contribution in [1.29, 1.82) is 0 Å². The summed E-state index contributed by atoms with van der Waals surface area (Å²) in [7, 11) is 0. The van der Waals surface area contributed by atoms with Gasteiger partial charge in [-0.1, -0.05) is 6.07 Å². The molecule has 0 aliphatic heterocycles. The quantitative estimate of drug-likeness (QED) is 0.461. The average Bonchev–Trinajstić information content (AvgIpc) is 2.51. The standard InChI is InChI=1S/C17H17F3NO2/c1-13(22)14-5-3-8-21(12-14)9-4-10-23-16-7-2-6-15(11-16)17(18,19)20/h2-3,5-8,11-12H,4,9-10H2,1H3/q+1. The van der Waals surface area contributed by atoms with Crippen molar-refractivity contribution in [2.45, 2.75) is 26.1 Å². The topological polar surface area (TPSA) is 30.2 Å². The van der Waals surface area contributed by atoms with Crippen LogP contribution in [0.4, 0.5) is 13.2 Å². The second-order valence-electron chi connectivity index (χ2n) is 5.11. The molecule has 0 radical (unpaired) electrons. The molecular weight excluding hydrogens is 307 g/mol. The van der Waals surface area contributed by atoms with Gasteiger partial charge in [-0.25, -0.2) is 4.57 Å². The van der Waals surface area contributed by atoms with Gasteiger partial charge in [-0.15, -0.1) is 0 Å². The third-order valence-electron chi connectivity index (χ3n) is 3.26. The van der Waals surface area contributed by atoms with Gasteiger partial charge in [0.05, 0.1) is 17.7 Å². The molecule has 0 fully saturated rings. The van der Waals surface area contributed by atoms with E-state index in [1.165, 1.54) is 19.1 Å². The van der Waals surface area contributed by atoms with Gasteiger partial charge in [0, 0.05) is 12.5 Å². The van der Waals surface area contributed by atoms with Gasteiger partial charge >= 0.3 is 6.18 Å². The fourth-order valence-corrected chi connectivity index (χ4v) is 2.07. The molecule has 0 spiro atoms. The Morgan fingerprint density at radius 1 is 1.22 bits per heavy atom. The Hall–Kier alpha value is -2.37. The lowest BCUT2D eigenvalue weighted by molar-refractivity contribution is -0.697. The summed E-state index contributed by atoms with van der Waals surface area (Å²) in [4.78, 5) is 11.3. The fraction of sp³-hybridized carbons (Fsp3) is 0.294. The van der Waals surface area contributed by atoms with Crippen LogP contribution in [0.25, 0.3) is 0 Å². The summed E-state index contributed by atoms with van der Waals surface area (Å²) in [6.45, 7) is 2.40. The molecule has 0 amide bonds. The molecule has 0 saturated carbocycles. The number of rotatable bonds is 6. The molecule has 0 bridgehead atoms. The number of carbonyl (C=O) groups is 1. The van der Waals surface area contributed by atoms with Crippen LogP contribution in [0.5, 0.6) is 5.75 Å². The number of ether oxygens (including phenoxy) is 1. The van der Waals surface area contributed by atoms with E-state index in [9.17, 15) is 18.0 Å². The summed E-state index contributed by atoms with van der Waals surface area (Å²) >= 11 is 0.